The highest BCUT2D eigenvalue weighted by atomic mass is 32.1. The van der Waals surface area contributed by atoms with Crippen LogP contribution in [0.1, 0.15) is 11.1 Å². The summed E-state index contributed by atoms with van der Waals surface area (Å²) in [5.41, 5.74) is 2.50. The van der Waals surface area contributed by atoms with E-state index in [1.54, 1.807) is 24.3 Å². The lowest BCUT2D eigenvalue weighted by Gasteiger charge is -2.11. The number of nitrogens with zero attached hydrogens (tertiary/aromatic N) is 4. The van der Waals surface area contributed by atoms with Crippen LogP contribution in [-0.2, 0) is 6.42 Å². The molecule has 2 aromatic heterocycles. The molecule has 2 N–H and O–H groups in total. The third kappa shape index (κ3) is 5.05. The second kappa shape index (κ2) is 10.7. The summed E-state index contributed by atoms with van der Waals surface area (Å²) < 4.78 is 2.90. The van der Waals surface area contributed by atoms with E-state index in [1.165, 1.54) is 45.5 Å². The number of H-pyrrole nitrogens is 2. The van der Waals surface area contributed by atoms with Crippen molar-refractivity contribution in [3.63, 3.8) is 0 Å². The zero-order valence-electron chi connectivity index (χ0n) is 21.8. The number of rotatable bonds is 6. The Morgan fingerprint density at radius 1 is 0.605 bits per heavy atom. The molecule has 6 aromatic rings. The highest BCUT2D eigenvalue weighted by Crippen LogP contribution is 2.21. The quantitative estimate of drug-likeness (QED) is 0.135. The van der Waals surface area contributed by atoms with Crippen molar-refractivity contribution >= 4 is 57.6 Å². The fourth-order valence-corrected chi connectivity index (χ4v) is 5.47. The monoisotopic (exact) mass is 610 g/mol. The van der Waals surface area contributed by atoms with Crippen molar-refractivity contribution in [3.8, 4) is 11.4 Å². The van der Waals surface area contributed by atoms with E-state index in [-0.39, 0.29) is 42.7 Å². The minimum Gasteiger partial charge on any atom is -0.331 e. The molecule has 0 saturated carbocycles. The Kier molecular flexibility index (Phi) is 6.84. The molecular formula is C29H18N6O6S2. The summed E-state index contributed by atoms with van der Waals surface area (Å²) in [6.07, 6.45) is 0.562. The van der Waals surface area contributed by atoms with Crippen molar-refractivity contribution in [1.82, 2.24) is 19.1 Å². The molecule has 0 atom stereocenters. The lowest BCUT2D eigenvalue weighted by atomic mass is 10.0. The van der Waals surface area contributed by atoms with Gasteiger partial charge in [0.2, 0.25) is 0 Å². The van der Waals surface area contributed by atoms with Crippen molar-refractivity contribution in [2.75, 3.05) is 0 Å². The SMILES string of the molecule is O=c1c2ccc([N+](=O)[O-])cc2[nH]c(=S)n1-c1ccc(Cc2ccc(-n3c(=S)[nH]c4cc([N+](=O)[O-])ccc4c3=O)cc2)cc1. The van der Waals surface area contributed by atoms with Crippen molar-refractivity contribution in [3.05, 3.63) is 147 Å². The first-order valence-corrected chi connectivity index (χ1v) is 13.5. The van der Waals surface area contributed by atoms with Gasteiger partial charge in [0.25, 0.3) is 22.5 Å². The maximum Gasteiger partial charge on any atom is 0.271 e. The number of non-ortho nitro benzene ring substituents is 2. The number of aromatic nitrogens is 4. The molecule has 4 aromatic carbocycles. The largest absolute Gasteiger partial charge is 0.331 e. The minimum absolute atomic E-state index is 0.113. The van der Waals surface area contributed by atoms with Gasteiger partial charge in [-0.15, -0.1) is 0 Å². The number of hydrogen-bond acceptors (Lipinski definition) is 8. The average Bonchev–Trinajstić information content (AvgIpc) is 2.98. The van der Waals surface area contributed by atoms with Gasteiger partial charge in [-0.3, -0.25) is 39.0 Å². The summed E-state index contributed by atoms with van der Waals surface area (Å²) >= 11 is 10.8. The maximum absolute atomic E-state index is 13.2. The second-order valence-corrected chi connectivity index (χ2v) is 10.4. The highest BCUT2D eigenvalue weighted by molar-refractivity contribution is 7.71. The van der Waals surface area contributed by atoms with Gasteiger partial charge in [-0.1, -0.05) is 24.3 Å². The van der Waals surface area contributed by atoms with E-state index in [0.29, 0.717) is 17.8 Å². The summed E-state index contributed by atoms with van der Waals surface area (Å²) in [6.45, 7) is 0. The van der Waals surface area contributed by atoms with Gasteiger partial charge >= 0.3 is 0 Å². The first-order valence-electron chi connectivity index (χ1n) is 12.7. The van der Waals surface area contributed by atoms with Crippen LogP contribution in [0, 0.1) is 29.8 Å². The summed E-state index contributed by atoms with van der Waals surface area (Å²) in [7, 11) is 0. The molecule has 12 nitrogen and oxygen atoms in total. The third-order valence-corrected chi connectivity index (χ3v) is 7.55. The summed E-state index contributed by atoms with van der Waals surface area (Å²) in [5, 5.41) is 22.7. The Bertz CT molecular complexity index is 2190. The molecule has 0 bridgehead atoms. The second-order valence-electron chi connectivity index (χ2n) is 9.63. The van der Waals surface area contributed by atoms with Crippen molar-refractivity contribution in [2.45, 2.75) is 6.42 Å². The fraction of sp³-hybridized carbons (Fsp3) is 0.0345. The van der Waals surface area contributed by atoms with E-state index >= 15 is 0 Å². The molecule has 0 aliphatic rings. The molecule has 0 amide bonds. The van der Waals surface area contributed by atoms with E-state index < -0.39 is 21.0 Å². The molecule has 0 aliphatic heterocycles. The van der Waals surface area contributed by atoms with E-state index in [1.807, 2.05) is 24.3 Å². The first kappa shape index (κ1) is 27.6. The molecule has 0 saturated heterocycles. The van der Waals surface area contributed by atoms with Crippen molar-refractivity contribution in [2.24, 2.45) is 0 Å². The van der Waals surface area contributed by atoms with Crippen LogP contribution in [0.5, 0.6) is 0 Å². The Morgan fingerprint density at radius 2 is 0.977 bits per heavy atom. The Labute approximate surface area is 250 Å². The molecule has 0 aliphatic carbocycles. The summed E-state index contributed by atoms with van der Waals surface area (Å²) in [4.78, 5) is 53.2. The van der Waals surface area contributed by atoms with Crippen LogP contribution in [0.4, 0.5) is 11.4 Å². The van der Waals surface area contributed by atoms with Gasteiger partial charge in [0.15, 0.2) is 9.54 Å². The normalized spacial score (nSPS) is 11.2. The molecule has 212 valence electrons. The Morgan fingerprint density at radius 3 is 1.33 bits per heavy atom. The van der Waals surface area contributed by atoms with Crippen LogP contribution in [0.2, 0.25) is 0 Å². The number of nitrogens with one attached hydrogen (secondary N) is 2. The molecule has 0 spiro atoms. The van der Waals surface area contributed by atoms with Gasteiger partial charge in [-0.05, 0) is 78.4 Å². The van der Waals surface area contributed by atoms with Crippen LogP contribution in [0.25, 0.3) is 33.2 Å². The number of nitro benzene ring substituents is 2. The molecular weight excluding hydrogens is 592 g/mol. The fourth-order valence-electron chi connectivity index (χ4n) is 4.87. The molecule has 2 heterocycles. The third-order valence-electron chi connectivity index (χ3n) is 6.98. The lowest BCUT2D eigenvalue weighted by molar-refractivity contribution is -0.384. The average molecular weight is 611 g/mol. The van der Waals surface area contributed by atoms with Gasteiger partial charge in [0.05, 0.1) is 43.0 Å². The molecule has 14 heteroatoms. The van der Waals surface area contributed by atoms with E-state index in [4.69, 9.17) is 24.4 Å². The topological polar surface area (TPSA) is 162 Å². The number of aromatic amines is 2. The number of nitro groups is 2. The van der Waals surface area contributed by atoms with Gasteiger partial charge in [0.1, 0.15) is 0 Å². The minimum atomic E-state index is -0.538. The zero-order valence-corrected chi connectivity index (χ0v) is 23.5. The van der Waals surface area contributed by atoms with Gasteiger partial charge in [0, 0.05) is 24.3 Å². The summed E-state index contributed by atoms with van der Waals surface area (Å²) in [6, 6.07) is 22.5. The van der Waals surface area contributed by atoms with Crippen LogP contribution < -0.4 is 11.1 Å². The predicted molar refractivity (Wildman–Crippen MR) is 166 cm³/mol. The van der Waals surface area contributed by atoms with Gasteiger partial charge in [-0.2, -0.15) is 0 Å². The molecule has 6 rings (SSSR count). The van der Waals surface area contributed by atoms with E-state index in [0.717, 1.165) is 11.1 Å². The van der Waals surface area contributed by atoms with Crippen molar-refractivity contribution < 1.29 is 9.85 Å². The lowest BCUT2D eigenvalue weighted by Crippen LogP contribution is -2.20. The number of fused-ring (bicyclic) bond motifs is 2. The van der Waals surface area contributed by atoms with Crippen LogP contribution in [0.15, 0.2) is 94.5 Å². The summed E-state index contributed by atoms with van der Waals surface area (Å²) in [5.74, 6) is 0. The van der Waals surface area contributed by atoms with Crippen LogP contribution in [-0.4, -0.2) is 28.9 Å². The van der Waals surface area contributed by atoms with Crippen molar-refractivity contribution in [1.29, 1.82) is 0 Å². The molecule has 0 fully saturated rings. The molecule has 43 heavy (non-hydrogen) atoms. The molecule has 0 radical (unpaired) electrons. The van der Waals surface area contributed by atoms with Gasteiger partial charge < -0.3 is 9.97 Å². The zero-order chi connectivity index (χ0) is 30.4. The van der Waals surface area contributed by atoms with E-state index in [9.17, 15) is 29.8 Å². The Balaban J connectivity index is 1.26. The van der Waals surface area contributed by atoms with Crippen LogP contribution in [0.3, 0.4) is 0 Å². The first-order chi connectivity index (χ1) is 20.6. The number of hydrogen-bond donors (Lipinski definition) is 2. The van der Waals surface area contributed by atoms with E-state index in [2.05, 4.69) is 9.97 Å². The standard InChI is InChI=1S/C29H18N6O6S2/c36-26-22-11-9-20(34(38)39)14-24(22)30-28(42)32(26)18-5-1-16(2-6-18)13-17-3-7-19(8-4-17)33-27(37)23-12-10-21(35(40)41)15-25(23)31-29(33)43/h1-12,14-15H,13H2,(H,30,42)(H,31,43). The highest BCUT2D eigenvalue weighted by Gasteiger charge is 2.14. The predicted octanol–water partition coefficient (Wildman–Crippen LogP) is 5.82. The maximum atomic E-state index is 13.2. The van der Waals surface area contributed by atoms with Gasteiger partial charge in [-0.25, -0.2) is 0 Å². The Hall–Kier alpha value is -5.60. The number of benzene rings is 4. The smallest absolute Gasteiger partial charge is 0.271 e. The van der Waals surface area contributed by atoms with Crippen LogP contribution >= 0.6 is 24.4 Å². The molecule has 0 unspecified atom stereocenters.